The molecule has 1 atom stereocenters. The van der Waals surface area contributed by atoms with Gasteiger partial charge in [0.15, 0.2) is 0 Å². The minimum absolute atomic E-state index is 0.0398. The van der Waals surface area contributed by atoms with Crippen molar-refractivity contribution < 1.29 is 14.3 Å². The van der Waals surface area contributed by atoms with E-state index in [0.717, 1.165) is 30.4 Å². The Hall–Kier alpha value is -2.14. The number of nitrogens with zero attached hydrogens (tertiary/aromatic N) is 1. The van der Waals surface area contributed by atoms with Gasteiger partial charge in [-0.25, -0.2) is 4.39 Å². The number of rotatable bonds is 5. The van der Waals surface area contributed by atoms with Gasteiger partial charge >= 0.3 is 0 Å². The molecule has 0 radical (unpaired) electrons. The molecule has 1 amide bonds. The zero-order chi connectivity index (χ0) is 17.2. The Labute approximate surface area is 141 Å². The topological polar surface area (TPSA) is 56.3 Å². The van der Waals surface area contributed by atoms with Crippen molar-refractivity contribution >= 4 is 5.91 Å². The zero-order valence-electron chi connectivity index (χ0n) is 13.9. The Balaban J connectivity index is 1.82. The first-order valence-corrected chi connectivity index (χ1v) is 8.41. The van der Waals surface area contributed by atoms with Gasteiger partial charge in [0.05, 0.1) is 12.2 Å². The predicted octanol–water partition coefficient (Wildman–Crippen LogP) is 3.45. The fraction of sp³-hybridized carbons (Fsp3) is 0.421. The molecule has 2 N–H and O–H groups in total. The average Bonchev–Trinajstić information content (AvgIpc) is 3.23. The molecular formula is C19H23FN2O2. The number of H-pyrrole nitrogens is 1. The highest BCUT2D eigenvalue weighted by atomic mass is 19.1. The summed E-state index contributed by atoms with van der Waals surface area (Å²) in [7, 11) is 0. The highest BCUT2D eigenvalue weighted by molar-refractivity contribution is 6.01. The molecule has 1 fully saturated rings. The molecule has 0 saturated carbocycles. The van der Waals surface area contributed by atoms with Crippen molar-refractivity contribution in [1.82, 2.24) is 9.88 Å². The summed E-state index contributed by atoms with van der Waals surface area (Å²) < 4.78 is 13.1. The Morgan fingerprint density at radius 2 is 2.08 bits per heavy atom. The number of hydrogen-bond acceptors (Lipinski definition) is 2. The van der Waals surface area contributed by atoms with Gasteiger partial charge in [-0.05, 0) is 30.5 Å². The molecule has 1 unspecified atom stereocenters. The van der Waals surface area contributed by atoms with Crippen molar-refractivity contribution in [2.45, 2.75) is 26.2 Å². The smallest absolute Gasteiger partial charge is 0.256 e. The summed E-state index contributed by atoms with van der Waals surface area (Å²) in [6.45, 7) is 3.46. The number of carbonyl (C=O) groups excluding carboxylic acids is 1. The molecule has 2 aromatic rings. The molecule has 1 saturated heterocycles. The summed E-state index contributed by atoms with van der Waals surface area (Å²) in [6.07, 6.45) is 6.21. The largest absolute Gasteiger partial charge is 0.396 e. The van der Waals surface area contributed by atoms with E-state index in [1.165, 1.54) is 12.1 Å². The van der Waals surface area contributed by atoms with Crippen molar-refractivity contribution in [3.63, 3.8) is 0 Å². The first-order chi connectivity index (χ1) is 11.6. The van der Waals surface area contributed by atoms with E-state index < -0.39 is 0 Å². The van der Waals surface area contributed by atoms with Crippen LogP contribution in [0.3, 0.4) is 0 Å². The quantitative estimate of drug-likeness (QED) is 0.882. The van der Waals surface area contributed by atoms with Gasteiger partial charge in [0.2, 0.25) is 0 Å². The molecule has 1 aromatic heterocycles. The average molecular weight is 330 g/mol. The van der Waals surface area contributed by atoms with Crippen LogP contribution in [0.4, 0.5) is 4.39 Å². The lowest BCUT2D eigenvalue weighted by atomic mass is 9.83. The molecule has 4 nitrogen and oxygen atoms in total. The van der Waals surface area contributed by atoms with Gasteiger partial charge in [-0.3, -0.25) is 4.79 Å². The van der Waals surface area contributed by atoms with Crippen molar-refractivity contribution in [2.75, 3.05) is 19.7 Å². The molecule has 1 aromatic carbocycles. The third-order valence-electron chi connectivity index (χ3n) is 4.97. The van der Waals surface area contributed by atoms with E-state index in [9.17, 15) is 14.3 Å². The number of aliphatic hydroxyl groups excluding tert-OH is 1. The molecular weight excluding hydrogens is 307 g/mol. The lowest BCUT2D eigenvalue weighted by Gasteiger charge is -2.26. The van der Waals surface area contributed by atoms with Crippen LogP contribution >= 0.6 is 0 Å². The van der Waals surface area contributed by atoms with Crippen LogP contribution in [0.5, 0.6) is 0 Å². The lowest BCUT2D eigenvalue weighted by molar-refractivity contribution is 0.0730. The second-order valence-electron chi connectivity index (χ2n) is 6.67. The Kier molecular flexibility index (Phi) is 4.71. The van der Waals surface area contributed by atoms with Crippen LogP contribution in [-0.2, 0) is 0 Å². The predicted molar refractivity (Wildman–Crippen MR) is 91.1 cm³/mol. The van der Waals surface area contributed by atoms with Crippen molar-refractivity contribution in [2.24, 2.45) is 5.41 Å². The van der Waals surface area contributed by atoms with E-state index in [0.29, 0.717) is 18.7 Å². The van der Waals surface area contributed by atoms with Gasteiger partial charge in [-0.1, -0.05) is 25.5 Å². The number of aromatic nitrogens is 1. The van der Waals surface area contributed by atoms with Crippen LogP contribution in [0.2, 0.25) is 0 Å². The van der Waals surface area contributed by atoms with Crippen LogP contribution in [-0.4, -0.2) is 40.6 Å². The molecule has 1 aliphatic rings. The number of carbonyl (C=O) groups is 1. The van der Waals surface area contributed by atoms with E-state index in [1.807, 2.05) is 4.90 Å². The maximum atomic E-state index is 13.1. The first kappa shape index (κ1) is 16.7. The number of benzene rings is 1. The molecule has 5 heteroatoms. The van der Waals surface area contributed by atoms with Gasteiger partial charge in [0.25, 0.3) is 5.91 Å². The summed E-state index contributed by atoms with van der Waals surface area (Å²) in [4.78, 5) is 17.7. The van der Waals surface area contributed by atoms with E-state index in [1.54, 1.807) is 24.5 Å². The van der Waals surface area contributed by atoms with Gasteiger partial charge < -0.3 is 15.0 Å². The fourth-order valence-electron chi connectivity index (χ4n) is 3.63. The molecule has 2 heterocycles. The molecule has 3 rings (SSSR count). The maximum Gasteiger partial charge on any atom is 0.256 e. The molecule has 0 bridgehead atoms. The summed E-state index contributed by atoms with van der Waals surface area (Å²) in [5.41, 5.74) is 2.00. The maximum absolute atomic E-state index is 13.1. The van der Waals surface area contributed by atoms with E-state index >= 15 is 0 Å². The van der Waals surface area contributed by atoms with E-state index in [-0.39, 0.29) is 23.7 Å². The molecule has 0 spiro atoms. The normalized spacial score (nSPS) is 20.5. The summed E-state index contributed by atoms with van der Waals surface area (Å²) in [5, 5.41) is 9.76. The number of hydrogen-bond donors (Lipinski definition) is 2. The second-order valence-corrected chi connectivity index (χ2v) is 6.67. The highest BCUT2D eigenvalue weighted by Crippen LogP contribution is 2.36. The Morgan fingerprint density at radius 3 is 2.75 bits per heavy atom. The highest BCUT2D eigenvalue weighted by Gasteiger charge is 2.39. The van der Waals surface area contributed by atoms with Crippen LogP contribution in [0.1, 0.15) is 36.5 Å². The minimum Gasteiger partial charge on any atom is -0.396 e. The molecule has 24 heavy (non-hydrogen) atoms. The van der Waals surface area contributed by atoms with Crippen LogP contribution < -0.4 is 0 Å². The third kappa shape index (κ3) is 3.08. The molecule has 128 valence electrons. The van der Waals surface area contributed by atoms with Crippen molar-refractivity contribution in [3.8, 4) is 11.1 Å². The standard InChI is InChI=1S/C19H23FN2O2/c1-2-7-19(13-23)8-9-22(12-19)18(24)17-11-21-10-16(17)14-3-5-15(20)6-4-14/h3-6,10-11,21,23H,2,7-9,12-13H2,1H3. The second kappa shape index (κ2) is 6.77. The Bertz CT molecular complexity index is 710. The van der Waals surface area contributed by atoms with E-state index in [4.69, 9.17) is 0 Å². The zero-order valence-corrected chi connectivity index (χ0v) is 13.9. The third-order valence-corrected chi connectivity index (χ3v) is 4.97. The number of aliphatic hydroxyl groups is 1. The van der Waals surface area contributed by atoms with Crippen LogP contribution in [0.15, 0.2) is 36.7 Å². The van der Waals surface area contributed by atoms with Crippen molar-refractivity contribution in [3.05, 3.63) is 48.0 Å². The van der Waals surface area contributed by atoms with E-state index in [2.05, 4.69) is 11.9 Å². The number of halogens is 1. The fourth-order valence-corrected chi connectivity index (χ4v) is 3.63. The SMILES string of the molecule is CCCC1(CO)CCN(C(=O)c2c[nH]cc2-c2ccc(F)cc2)C1. The van der Waals surface area contributed by atoms with Gasteiger partial charge in [0, 0.05) is 36.5 Å². The number of nitrogens with one attached hydrogen (secondary N) is 1. The number of likely N-dealkylation sites (tertiary alicyclic amines) is 1. The monoisotopic (exact) mass is 330 g/mol. The summed E-state index contributed by atoms with van der Waals surface area (Å²) in [6, 6.07) is 6.14. The van der Waals surface area contributed by atoms with Crippen LogP contribution in [0, 0.1) is 11.2 Å². The minimum atomic E-state index is -0.297. The van der Waals surface area contributed by atoms with Gasteiger partial charge in [-0.2, -0.15) is 0 Å². The molecule has 0 aliphatic carbocycles. The van der Waals surface area contributed by atoms with Gasteiger partial charge in [0.1, 0.15) is 5.82 Å². The van der Waals surface area contributed by atoms with Crippen LogP contribution in [0.25, 0.3) is 11.1 Å². The number of aromatic amines is 1. The summed E-state index contributed by atoms with van der Waals surface area (Å²) in [5.74, 6) is -0.337. The lowest BCUT2D eigenvalue weighted by Crippen LogP contribution is -2.34. The Morgan fingerprint density at radius 1 is 1.33 bits per heavy atom. The molecule has 1 aliphatic heterocycles. The first-order valence-electron chi connectivity index (χ1n) is 8.41. The van der Waals surface area contributed by atoms with Gasteiger partial charge in [-0.15, -0.1) is 0 Å². The van der Waals surface area contributed by atoms with Crippen molar-refractivity contribution in [1.29, 1.82) is 0 Å². The summed E-state index contributed by atoms with van der Waals surface area (Å²) >= 11 is 0. The number of amides is 1.